The third-order valence-corrected chi connectivity index (χ3v) is 1.51. The van der Waals surface area contributed by atoms with Gasteiger partial charge < -0.3 is 9.80 Å². The van der Waals surface area contributed by atoms with E-state index in [0.717, 1.165) is 11.6 Å². The molecule has 66 valence electrons. The van der Waals surface area contributed by atoms with Crippen LogP contribution in [-0.4, -0.2) is 38.2 Å². The minimum Gasteiger partial charge on any atom is -0.360 e. The monoisotopic (exact) mass is 166 g/mol. The molecule has 0 N–H and O–H groups in total. The summed E-state index contributed by atoms with van der Waals surface area (Å²) in [4.78, 5) is 12.3. The minimum absolute atomic E-state index is 0.891. The van der Waals surface area contributed by atoms with Crippen molar-refractivity contribution < 1.29 is 0 Å². The van der Waals surface area contributed by atoms with Crippen LogP contribution in [0, 0.1) is 0 Å². The Morgan fingerprint density at radius 2 is 1.17 bits per heavy atom. The number of nitrogens with zero attached hydrogens (tertiary/aromatic N) is 4. The van der Waals surface area contributed by atoms with E-state index in [1.54, 1.807) is 12.4 Å². The Kier molecular flexibility index (Phi) is 2.47. The Bertz CT molecular complexity index is 230. The van der Waals surface area contributed by atoms with E-state index < -0.39 is 0 Å². The van der Waals surface area contributed by atoms with Gasteiger partial charge in [-0.05, 0) is 0 Å². The standard InChI is InChI=1S/C8H14N4/c1-11(2)7-8(12(3)4)10-6-5-9-7/h5-6H,1-4H3. The summed E-state index contributed by atoms with van der Waals surface area (Å²) in [6.45, 7) is 0. The van der Waals surface area contributed by atoms with E-state index in [0.29, 0.717) is 0 Å². The van der Waals surface area contributed by atoms with Gasteiger partial charge in [-0.25, -0.2) is 9.97 Å². The number of aromatic nitrogens is 2. The van der Waals surface area contributed by atoms with E-state index in [9.17, 15) is 0 Å². The van der Waals surface area contributed by atoms with Crippen molar-refractivity contribution in [2.75, 3.05) is 38.0 Å². The second-order valence-corrected chi connectivity index (χ2v) is 2.99. The van der Waals surface area contributed by atoms with Crippen LogP contribution in [0.5, 0.6) is 0 Å². The van der Waals surface area contributed by atoms with Gasteiger partial charge in [-0.15, -0.1) is 0 Å². The van der Waals surface area contributed by atoms with Crippen LogP contribution in [-0.2, 0) is 0 Å². The molecule has 0 saturated carbocycles. The Labute approximate surface area is 72.9 Å². The summed E-state index contributed by atoms with van der Waals surface area (Å²) in [6.07, 6.45) is 3.39. The number of rotatable bonds is 2. The summed E-state index contributed by atoms with van der Waals surface area (Å²) in [5, 5.41) is 0. The molecule has 0 fully saturated rings. The van der Waals surface area contributed by atoms with Crippen molar-refractivity contribution in [1.82, 2.24) is 9.97 Å². The van der Waals surface area contributed by atoms with Crippen LogP contribution in [0.3, 0.4) is 0 Å². The molecule has 0 radical (unpaired) electrons. The fourth-order valence-corrected chi connectivity index (χ4v) is 0.954. The molecule has 0 atom stereocenters. The first-order chi connectivity index (χ1) is 5.63. The minimum atomic E-state index is 0.891. The molecular weight excluding hydrogens is 152 g/mol. The summed E-state index contributed by atoms with van der Waals surface area (Å²) in [6, 6.07) is 0. The zero-order valence-corrected chi connectivity index (χ0v) is 7.94. The molecule has 0 saturated heterocycles. The molecule has 1 rings (SSSR count). The second kappa shape index (κ2) is 3.38. The predicted molar refractivity (Wildman–Crippen MR) is 50.7 cm³/mol. The van der Waals surface area contributed by atoms with Gasteiger partial charge in [0, 0.05) is 40.6 Å². The number of hydrogen-bond donors (Lipinski definition) is 0. The average molecular weight is 166 g/mol. The topological polar surface area (TPSA) is 32.3 Å². The van der Waals surface area contributed by atoms with E-state index in [4.69, 9.17) is 0 Å². The molecule has 0 unspecified atom stereocenters. The van der Waals surface area contributed by atoms with E-state index >= 15 is 0 Å². The van der Waals surface area contributed by atoms with E-state index in [2.05, 4.69) is 9.97 Å². The molecule has 4 nitrogen and oxygen atoms in total. The summed E-state index contributed by atoms with van der Waals surface area (Å²) >= 11 is 0. The van der Waals surface area contributed by atoms with E-state index in [1.165, 1.54) is 0 Å². The summed E-state index contributed by atoms with van der Waals surface area (Å²) in [5.74, 6) is 1.78. The van der Waals surface area contributed by atoms with Crippen LogP contribution >= 0.6 is 0 Å². The van der Waals surface area contributed by atoms with Crippen molar-refractivity contribution in [2.45, 2.75) is 0 Å². The highest BCUT2D eigenvalue weighted by molar-refractivity contribution is 5.60. The highest BCUT2D eigenvalue weighted by Crippen LogP contribution is 2.19. The summed E-state index contributed by atoms with van der Waals surface area (Å²) < 4.78 is 0. The van der Waals surface area contributed by atoms with Crippen molar-refractivity contribution >= 4 is 11.6 Å². The molecule has 0 bridgehead atoms. The molecule has 0 aliphatic carbocycles. The molecule has 4 heteroatoms. The van der Waals surface area contributed by atoms with Crippen LogP contribution in [0.15, 0.2) is 12.4 Å². The zero-order chi connectivity index (χ0) is 9.14. The van der Waals surface area contributed by atoms with Crippen molar-refractivity contribution in [1.29, 1.82) is 0 Å². The normalized spacial score (nSPS) is 9.67. The summed E-state index contributed by atoms with van der Waals surface area (Å²) in [7, 11) is 7.82. The molecule has 0 aliphatic rings. The smallest absolute Gasteiger partial charge is 0.171 e. The molecule has 12 heavy (non-hydrogen) atoms. The molecule has 0 aliphatic heterocycles. The first-order valence-electron chi connectivity index (χ1n) is 3.78. The Morgan fingerprint density at radius 1 is 0.833 bits per heavy atom. The largest absolute Gasteiger partial charge is 0.360 e. The van der Waals surface area contributed by atoms with E-state index in [1.807, 2.05) is 38.0 Å². The molecule has 0 spiro atoms. The Morgan fingerprint density at radius 3 is 1.42 bits per heavy atom. The van der Waals surface area contributed by atoms with Gasteiger partial charge in [0.2, 0.25) is 0 Å². The maximum Gasteiger partial charge on any atom is 0.171 e. The van der Waals surface area contributed by atoms with Gasteiger partial charge in [0.15, 0.2) is 11.6 Å². The number of anilines is 2. The molecule has 1 aromatic heterocycles. The van der Waals surface area contributed by atoms with E-state index in [-0.39, 0.29) is 0 Å². The molecular formula is C8H14N4. The van der Waals surface area contributed by atoms with Crippen molar-refractivity contribution in [3.05, 3.63) is 12.4 Å². The van der Waals surface area contributed by atoms with Crippen molar-refractivity contribution in [3.8, 4) is 0 Å². The predicted octanol–water partition coefficient (Wildman–Crippen LogP) is 0.609. The van der Waals surface area contributed by atoms with Crippen LogP contribution in [0.25, 0.3) is 0 Å². The molecule has 0 amide bonds. The van der Waals surface area contributed by atoms with Crippen LogP contribution in [0.1, 0.15) is 0 Å². The highest BCUT2D eigenvalue weighted by Gasteiger charge is 2.07. The van der Waals surface area contributed by atoms with Crippen LogP contribution in [0.2, 0.25) is 0 Å². The first kappa shape index (κ1) is 8.77. The Balaban J connectivity index is 3.09. The lowest BCUT2D eigenvalue weighted by Gasteiger charge is -2.19. The first-order valence-corrected chi connectivity index (χ1v) is 3.78. The zero-order valence-electron chi connectivity index (χ0n) is 7.94. The van der Waals surface area contributed by atoms with Crippen LogP contribution in [0.4, 0.5) is 11.6 Å². The summed E-state index contributed by atoms with van der Waals surface area (Å²) in [5.41, 5.74) is 0. The maximum atomic E-state index is 4.22. The van der Waals surface area contributed by atoms with Gasteiger partial charge in [0.25, 0.3) is 0 Å². The number of hydrogen-bond acceptors (Lipinski definition) is 4. The fourth-order valence-electron chi connectivity index (χ4n) is 0.954. The van der Waals surface area contributed by atoms with Gasteiger partial charge in [-0.3, -0.25) is 0 Å². The highest BCUT2D eigenvalue weighted by atomic mass is 15.2. The van der Waals surface area contributed by atoms with Gasteiger partial charge in [-0.2, -0.15) is 0 Å². The fraction of sp³-hybridized carbons (Fsp3) is 0.500. The van der Waals surface area contributed by atoms with Crippen molar-refractivity contribution in [3.63, 3.8) is 0 Å². The van der Waals surface area contributed by atoms with Crippen LogP contribution < -0.4 is 9.80 Å². The van der Waals surface area contributed by atoms with Crippen molar-refractivity contribution in [2.24, 2.45) is 0 Å². The Hall–Kier alpha value is -1.32. The van der Waals surface area contributed by atoms with Gasteiger partial charge >= 0.3 is 0 Å². The van der Waals surface area contributed by atoms with Gasteiger partial charge in [0.05, 0.1) is 0 Å². The second-order valence-electron chi connectivity index (χ2n) is 2.99. The third-order valence-electron chi connectivity index (χ3n) is 1.51. The lowest BCUT2D eigenvalue weighted by molar-refractivity contribution is 0.985. The quantitative estimate of drug-likeness (QED) is 0.644. The molecule has 1 heterocycles. The van der Waals surface area contributed by atoms with Gasteiger partial charge in [-0.1, -0.05) is 0 Å². The molecule has 0 aromatic carbocycles. The SMILES string of the molecule is CN(C)c1nccnc1N(C)C. The lowest BCUT2D eigenvalue weighted by atomic mass is 10.5. The lowest BCUT2D eigenvalue weighted by Crippen LogP contribution is -2.19. The average Bonchev–Trinajstić information content (AvgIpc) is 2.04. The van der Waals surface area contributed by atoms with Gasteiger partial charge in [0.1, 0.15) is 0 Å². The third kappa shape index (κ3) is 1.64. The maximum absolute atomic E-state index is 4.22. The molecule has 1 aromatic rings.